The summed E-state index contributed by atoms with van der Waals surface area (Å²) in [6.07, 6.45) is 0.751. The van der Waals surface area contributed by atoms with Gasteiger partial charge in [0.1, 0.15) is 12.4 Å². The van der Waals surface area contributed by atoms with Gasteiger partial charge < -0.3 is 14.4 Å². The average molecular weight is 573 g/mol. The maximum absolute atomic E-state index is 10.2. The van der Waals surface area contributed by atoms with E-state index in [0.717, 1.165) is 45.9 Å². The highest BCUT2D eigenvalue weighted by molar-refractivity contribution is 8.00. The Balaban J connectivity index is 1.57. The number of rotatable bonds is 9. The lowest BCUT2D eigenvalue weighted by molar-refractivity contribution is 0.157. The number of para-hydroxylation sites is 1. The molecule has 40 heavy (non-hydrogen) atoms. The van der Waals surface area contributed by atoms with E-state index in [-0.39, 0.29) is 16.8 Å². The SMILES string of the molecule is CC(C)(CO)Cc1c(SC(C)(C)C)c2cc(OCc3ccc4ccccc4n3)ccc2n1Cc1ccc(Cl)cc1. The highest BCUT2D eigenvalue weighted by Gasteiger charge is 2.28. The predicted molar refractivity (Wildman–Crippen MR) is 169 cm³/mol. The summed E-state index contributed by atoms with van der Waals surface area (Å²) in [6.45, 7) is 12.2. The molecule has 0 radical (unpaired) electrons. The standard InChI is InChI=1S/C34H37ClN2O2S/c1-33(2,3)40-32-28-18-27(39-21-26-15-12-24-8-6-7-9-29(24)36-26)16-17-30(28)37(31(32)19-34(4,5)22-38)20-23-10-13-25(35)14-11-23/h6-18,38H,19-22H2,1-5H3. The van der Waals surface area contributed by atoms with Crippen LogP contribution in [0.25, 0.3) is 21.8 Å². The Morgan fingerprint density at radius 3 is 2.40 bits per heavy atom. The molecule has 0 bridgehead atoms. The fourth-order valence-electron chi connectivity index (χ4n) is 4.85. The number of fused-ring (bicyclic) bond motifs is 2. The molecule has 2 aromatic heterocycles. The normalized spacial score (nSPS) is 12.4. The molecule has 5 aromatic rings. The first-order chi connectivity index (χ1) is 19.0. The van der Waals surface area contributed by atoms with Crippen LogP contribution < -0.4 is 4.74 Å². The summed E-state index contributed by atoms with van der Waals surface area (Å²) in [5, 5.41) is 13.2. The van der Waals surface area contributed by atoms with Crippen molar-refractivity contribution in [2.75, 3.05) is 6.61 Å². The van der Waals surface area contributed by atoms with Crippen molar-refractivity contribution in [2.24, 2.45) is 5.41 Å². The van der Waals surface area contributed by atoms with Crippen molar-refractivity contribution >= 4 is 45.2 Å². The minimum absolute atomic E-state index is 0.00334. The zero-order valence-corrected chi connectivity index (χ0v) is 25.4. The molecule has 0 saturated carbocycles. The van der Waals surface area contributed by atoms with E-state index in [2.05, 4.69) is 75.6 Å². The number of hydrogen-bond acceptors (Lipinski definition) is 4. The quantitative estimate of drug-likeness (QED) is 0.179. The van der Waals surface area contributed by atoms with Crippen molar-refractivity contribution in [3.8, 4) is 5.75 Å². The third-order valence-electron chi connectivity index (χ3n) is 6.87. The van der Waals surface area contributed by atoms with Crippen LogP contribution in [0.4, 0.5) is 0 Å². The van der Waals surface area contributed by atoms with E-state index in [0.29, 0.717) is 6.61 Å². The fourth-order valence-corrected chi connectivity index (χ4v) is 6.16. The van der Waals surface area contributed by atoms with Crippen molar-refractivity contribution in [2.45, 2.75) is 63.8 Å². The number of nitrogens with zero attached hydrogens (tertiary/aromatic N) is 2. The second-order valence-corrected chi connectivity index (χ2v) is 14.4. The second kappa shape index (κ2) is 11.5. The third-order valence-corrected chi connectivity index (χ3v) is 8.39. The lowest BCUT2D eigenvalue weighted by Gasteiger charge is -2.25. The van der Waals surface area contributed by atoms with Gasteiger partial charge in [-0.25, -0.2) is 4.98 Å². The van der Waals surface area contributed by atoms with Crippen LogP contribution >= 0.6 is 23.4 Å². The Kier molecular flexibility index (Phi) is 8.19. The number of benzene rings is 3. The number of aliphatic hydroxyl groups is 1. The van der Waals surface area contributed by atoms with E-state index >= 15 is 0 Å². The van der Waals surface area contributed by atoms with E-state index in [4.69, 9.17) is 21.3 Å². The molecule has 0 saturated heterocycles. The molecular weight excluding hydrogens is 536 g/mol. The number of aliphatic hydroxyl groups excluding tert-OH is 1. The molecule has 0 atom stereocenters. The molecule has 208 valence electrons. The van der Waals surface area contributed by atoms with E-state index in [1.54, 1.807) is 0 Å². The van der Waals surface area contributed by atoms with Gasteiger partial charge in [0.25, 0.3) is 0 Å². The molecule has 1 N–H and O–H groups in total. The van der Waals surface area contributed by atoms with E-state index < -0.39 is 0 Å². The Hall–Kier alpha value is -2.99. The lowest BCUT2D eigenvalue weighted by atomic mass is 9.89. The molecule has 4 nitrogen and oxygen atoms in total. The molecule has 0 aliphatic rings. The molecule has 2 heterocycles. The van der Waals surface area contributed by atoms with Crippen molar-refractivity contribution in [1.82, 2.24) is 9.55 Å². The summed E-state index contributed by atoms with van der Waals surface area (Å²) >= 11 is 8.06. The molecule has 0 unspecified atom stereocenters. The van der Waals surface area contributed by atoms with Crippen LogP contribution in [0.5, 0.6) is 5.75 Å². The molecule has 3 aromatic carbocycles. The van der Waals surface area contributed by atoms with Crippen LogP contribution in [-0.4, -0.2) is 26.0 Å². The highest BCUT2D eigenvalue weighted by atomic mass is 35.5. The Morgan fingerprint density at radius 1 is 0.925 bits per heavy atom. The number of pyridine rings is 1. The number of thioether (sulfide) groups is 1. The molecular formula is C34H37ClN2O2S. The maximum atomic E-state index is 10.2. The predicted octanol–water partition coefficient (Wildman–Crippen LogP) is 8.92. The Bertz CT molecular complexity index is 1630. The van der Waals surface area contributed by atoms with Gasteiger partial charge in [-0.05, 0) is 59.9 Å². The Labute approximate surface area is 246 Å². The smallest absolute Gasteiger partial charge is 0.130 e. The van der Waals surface area contributed by atoms with E-state index in [9.17, 15) is 5.11 Å². The third kappa shape index (κ3) is 6.65. The Morgan fingerprint density at radius 2 is 1.68 bits per heavy atom. The number of ether oxygens (including phenoxy) is 1. The largest absolute Gasteiger partial charge is 0.487 e. The van der Waals surface area contributed by atoms with Crippen LogP contribution in [0.2, 0.25) is 5.02 Å². The highest BCUT2D eigenvalue weighted by Crippen LogP contribution is 2.44. The van der Waals surface area contributed by atoms with Gasteiger partial charge in [-0.2, -0.15) is 0 Å². The topological polar surface area (TPSA) is 47.3 Å². The summed E-state index contributed by atoms with van der Waals surface area (Å²) in [5.74, 6) is 0.815. The zero-order chi connectivity index (χ0) is 28.5. The minimum atomic E-state index is -0.263. The van der Waals surface area contributed by atoms with E-state index in [1.807, 2.05) is 54.2 Å². The summed E-state index contributed by atoms with van der Waals surface area (Å²) in [6, 6.07) is 26.7. The van der Waals surface area contributed by atoms with Gasteiger partial charge in [-0.1, -0.05) is 82.6 Å². The van der Waals surface area contributed by atoms with Crippen molar-refractivity contribution in [3.63, 3.8) is 0 Å². The molecule has 0 fully saturated rings. The number of hydrogen-bond donors (Lipinski definition) is 1. The number of halogens is 1. The second-order valence-electron chi connectivity index (χ2n) is 12.2. The number of aromatic nitrogens is 2. The zero-order valence-electron chi connectivity index (χ0n) is 23.9. The van der Waals surface area contributed by atoms with E-state index in [1.165, 1.54) is 21.5 Å². The molecule has 0 aliphatic carbocycles. The van der Waals surface area contributed by atoms with Gasteiger partial charge in [0, 0.05) is 49.8 Å². The van der Waals surface area contributed by atoms with Gasteiger partial charge in [0.2, 0.25) is 0 Å². The van der Waals surface area contributed by atoms with Crippen LogP contribution in [0.15, 0.2) is 83.8 Å². The first-order valence-corrected chi connectivity index (χ1v) is 14.9. The van der Waals surface area contributed by atoms with Gasteiger partial charge in [0.05, 0.1) is 11.2 Å². The average Bonchev–Trinajstić information content (AvgIpc) is 3.18. The van der Waals surface area contributed by atoms with Gasteiger partial charge in [-0.3, -0.25) is 0 Å². The summed E-state index contributed by atoms with van der Waals surface area (Å²) < 4.78 is 8.71. The van der Waals surface area contributed by atoms with Crippen molar-refractivity contribution < 1.29 is 9.84 Å². The first-order valence-electron chi connectivity index (χ1n) is 13.7. The molecule has 6 heteroatoms. The first kappa shape index (κ1) is 28.5. The molecule has 0 amide bonds. The van der Waals surface area contributed by atoms with Gasteiger partial charge in [-0.15, -0.1) is 11.8 Å². The van der Waals surface area contributed by atoms with Crippen LogP contribution in [0.3, 0.4) is 0 Å². The van der Waals surface area contributed by atoms with Crippen molar-refractivity contribution in [3.05, 3.63) is 101 Å². The summed E-state index contributed by atoms with van der Waals surface area (Å²) in [5.41, 5.74) is 5.17. The molecule has 0 aliphatic heterocycles. The lowest BCUT2D eigenvalue weighted by Crippen LogP contribution is -2.22. The molecule has 0 spiro atoms. The minimum Gasteiger partial charge on any atom is -0.487 e. The molecule has 5 rings (SSSR count). The monoisotopic (exact) mass is 572 g/mol. The maximum Gasteiger partial charge on any atom is 0.130 e. The van der Waals surface area contributed by atoms with Crippen LogP contribution in [-0.2, 0) is 19.6 Å². The summed E-state index contributed by atoms with van der Waals surface area (Å²) in [7, 11) is 0. The van der Waals surface area contributed by atoms with Gasteiger partial charge in [0.15, 0.2) is 0 Å². The van der Waals surface area contributed by atoms with Gasteiger partial charge >= 0.3 is 0 Å². The van der Waals surface area contributed by atoms with Crippen LogP contribution in [0.1, 0.15) is 51.6 Å². The fraction of sp³-hybridized carbons (Fsp3) is 0.324. The van der Waals surface area contributed by atoms with Crippen molar-refractivity contribution in [1.29, 1.82) is 0 Å². The summed E-state index contributed by atoms with van der Waals surface area (Å²) in [4.78, 5) is 6.02. The van der Waals surface area contributed by atoms with Crippen LogP contribution in [0, 0.1) is 5.41 Å².